The molecule has 2 aromatic rings. The molecular formula is C18H21N3O3. The molecule has 2 aliphatic heterocycles. The Balaban J connectivity index is 1.46. The van der Waals surface area contributed by atoms with Crippen LogP contribution in [0.25, 0.3) is 10.9 Å². The van der Waals surface area contributed by atoms with Crippen LogP contribution >= 0.6 is 0 Å². The molecule has 0 spiro atoms. The summed E-state index contributed by atoms with van der Waals surface area (Å²) in [5.74, 6) is -0.232. The predicted octanol–water partition coefficient (Wildman–Crippen LogP) is 1.12. The molecule has 4 rings (SSSR count). The van der Waals surface area contributed by atoms with E-state index in [1.165, 1.54) is 18.9 Å². The molecule has 2 N–H and O–H groups in total. The molecule has 0 unspecified atom stereocenters. The molecule has 24 heavy (non-hydrogen) atoms. The van der Waals surface area contributed by atoms with Gasteiger partial charge in [-0.3, -0.25) is 14.5 Å². The van der Waals surface area contributed by atoms with Crippen molar-refractivity contribution in [2.75, 3.05) is 26.2 Å². The highest BCUT2D eigenvalue weighted by Crippen LogP contribution is 2.22. The van der Waals surface area contributed by atoms with Crippen molar-refractivity contribution in [2.45, 2.75) is 25.0 Å². The largest absolute Gasteiger partial charge is 0.373 e. The van der Waals surface area contributed by atoms with Gasteiger partial charge in [0.1, 0.15) is 0 Å². The minimum absolute atomic E-state index is 0.0107. The number of rotatable bonds is 3. The van der Waals surface area contributed by atoms with Crippen molar-refractivity contribution in [3.05, 3.63) is 46.2 Å². The van der Waals surface area contributed by atoms with Crippen molar-refractivity contribution in [1.29, 1.82) is 0 Å². The number of aromatic amines is 1. The zero-order valence-electron chi connectivity index (χ0n) is 13.5. The molecule has 0 bridgehead atoms. The second kappa shape index (κ2) is 6.37. The average Bonchev–Trinajstić information content (AvgIpc) is 3.06. The summed E-state index contributed by atoms with van der Waals surface area (Å²) in [6, 6.07) is 9.23. The summed E-state index contributed by atoms with van der Waals surface area (Å²) < 4.78 is 5.87. The Kier molecular flexibility index (Phi) is 4.08. The number of hydrogen-bond acceptors (Lipinski definition) is 4. The molecule has 2 fully saturated rings. The molecule has 1 aromatic heterocycles. The zero-order chi connectivity index (χ0) is 16.5. The first-order chi connectivity index (χ1) is 11.7. The third-order valence-corrected chi connectivity index (χ3v) is 4.95. The lowest BCUT2D eigenvalue weighted by atomic mass is 10.1. The highest BCUT2D eigenvalue weighted by Gasteiger charge is 2.32. The van der Waals surface area contributed by atoms with E-state index in [-0.39, 0.29) is 17.6 Å². The number of hydrogen-bond donors (Lipinski definition) is 2. The molecule has 2 aliphatic rings. The van der Waals surface area contributed by atoms with Gasteiger partial charge in [-0.2, -0.15) is 0 Å². The lowest BCUT2D eigenvalue weighted by Gasteiger charge is -2.35. The van der Waals surface area contributed by atoms with E-state index in [1.54, 1.807) is 6.07 Å². The van der Waals surface area contributed by atoms with Crippen LogP contribution in [0.15, 0.2) is 35.1 Å². The molecule has 1 amide bonds. The number of fused-ring (bicyclic) bond motifs is 2. The molecule has 2 atom stereocenters. The van der Waals surface area contributed by atoms with Crippen molar-refractivity contribution >= 4 is 16.8 Å². The molecule has 2 saturated heterocycles. The maximum atomic E-state index is 12.5. The second-order valence-corrected chi connectivity index (χ2v) is 6.55. The Morgan fingerprint density at radius 1 is 1.38 bits per heavy atom. The van der Waals surface area contributed by atoms with Gasteiger partial charge < -0.3 is 15.0 Å². The minimum atomic E-state index is -0.271. The first kappa shape index (κ1) is 15.4. The molecule has 0 aliphatic carbocycles. The molecule has 6 nitrogen and oxygen atoms in total. The Labute approximate surface area is 139 Å². The number of amides is 1. The summed E-state index contributed by atoms with van der Waals surface area (Å²) in [7, 11) is 0. The van der Waals surface area contributed by atoms with Crippen LogP contribution in [0.3, 0.4) is 0 Å². The first-order valence-electron chi connectivity index (χ1n) is 8.46. The van der Waals surface area contributed by atoms with Crippen LogP contribution in [0.1, 0.15) is 23.2 Å². The third kappa shape index (κ3) is 2.95. The molecule has 0 saturated carbocycles. The second-order valence-electron chi connectivity index (χ2n) is 6.55. The molecule has 0 radical (unpaired) electrons. The van der Waals surface area contributed by atoms with Crippen molar-refractivity contribution < 1.29 is 9.53 Å². The number of para-hydroxylation sites is 1. The lowest BCUT2D eigenvalue weighted by molar-refractivity contribution is -0.0461. The summed E-state index contributed by atoms with van der Waals surface area (Å²) in [6.45, 7) is 3.19. The van der Waals surface area contributed by atoms with Crippen LogP contribution in [0.5, 0.6) is 0 Å². The van der Waals surface area contributed by atoms with Crippen LogP contribution < -0.4 is 10.9 Å². The summed E-state index contributed by atoms with van der Waals surface area (Å²) in [5, 5.41) is 3.67. The van der Waals surface area contributed by atoms with Crippen molar-refractivity contribution in [3.63, 3.8) is 0 Å². The number of carbonyl (C=O) groups is 1. The Morgan fingerprint density at radius 3 is 3.17 bits per heavy atom. The highest BCUT2D eigenvalue weighted by atomic mass is 16.5. The minimum Gasteiger partial charge on any atom is -0.373 e. The summed E-state index contributed by atoms with van der Waals surface area (Å²) in [6.07, 6.45) is 2.44. The quantitative estimate of drug-likeness (QED) is 0.886. The fraction of sp³-hybridized carbons (Fsp3) is 0.444. The van der Waals surface area contributed by atoms with E-state index < -0.39 is 0 Å². The maximum absolute atomic E-state index is 12.5. The van der Waals surface area contributed by atoms with Gasteiger partial charge in [0.25, 0.3) is 5.91 Å². The van der Waals surface area contributed by atoms with Gasteiger partial charge in [0.2, 0.25) is 5.56 Å². The maximum Gasteiger partial charge on any atom is 0.252 e. The standard InChI is InChI=1S/C18H21N3O3/c22-17-8-15(14-5-1-2-6-16(14)20-17)18(23)19-9-13-10-21-7-3-4-12(21)11-24-13/h1-2,5-6,8,12-13H,3-4,7,9-11H2,(H,19,23)(H,20,22)/t12-,13-/m0/s1. The van der Waals surface area contributed by atoms with E-state index in [0.29, 0.717) is 23.7 Å². The number of benzene rings is 1. The van der Waals surface area contributed by atoms with E-state index in [1.807, 2.05) is 18.2 Å². The van der Waals surface area contributed by atoms with Gasteiger partial charge in [0, 0.05) is 36.1 Å². The number of carbonyl (C=O) groups excluding carboxylic acids is 1. The van der Waals surface area contributed by atoms with Gasteiger partial charge in [-0.1, -0.05) is 18.2 Å². The topological polar surface area (TPSA) is 74.4 Å². The number of nitrogens with zero attached hydrogens (tertiary/aromatic N) is 1. The van der Waals surface area contributed by atoms with E-state index in [0.717, 1.165) is 25.1 Å². The van der Waals surface area contributed by atoms with Crippen LogP contribution in [-0.4, -0.2) is 54.2 Å². The third-order valence-electron chi connectivity index (χ3n) is 4.95. The fourth-order valence-electron chi connectivity index (χ4n) is 3.70. The van der Waals surface area contributed by atoms with Crippen LogP contribution in [-0.2, 0) is 4.74 Å². The molecule has 3 heterocycles. The number of aromatic nitrogens is 1. The lowest BCUT2D eigenvalue weighted by Crippen LogP contribution is -2.50. The summed E-state index contributed by atoms with van der Waals surface area (Å²) >= 11 is 0. The number of morpholine rings is 1. The van der Waals surface area contributed by atoms with Gasteiger partial charge in [0.15, 0.2) is 0 Å². The van der Waals surface area contributed by atoms with E-state index >= 15 is 0 Å². The average molecular weight is 327 g/mol. The summed E-state index contributed by atoms with van der Waals surface area (Å²) in [4.78, 5) is 29.5. The fourth-order valence-corrected chi connectivity index (χ4v) is 3.70. The van der Waals surface area contributed by atoms with Crippen molar-refractivity contribution in [3.8, 4) is 0 Å². The van der Waals surface area contributed by atoms with Crippen LogP contribution in [0.2, 0.25) is 0 Å². The SMILES string of the molecule is O=C(NC[C@H]1CN2CCC[C@H]2CO1)c1cc(=O)[nH]c2ccccc12. The molecule has 1 aromatic carbocycles. The van der Waals surface area contributed by atoms with E-state index in [9.17, 15) is 9.59 Å². The van der Waals surface area contributed by atoms with E-state index in [2.05, 4.69) is 15.2 Å². The number of H-pyrrole nitrogens is 1. The van der Waals surface area contributed by atoms with Gasteiger partial charge in [-0.05, 0) is 25.5 Å². The van der Waals surface area contributed by atoms with Crippen molar-refractivity contribution in [1.82, 2.24) is 15.2 Å². The van der Waals surface area contributed by atoms with Gasteiger partial charge in [-0.15, -0.1) is 0 Å². The monoisotopic (exact) mass is 327 g/mol. The zero-order valence-corrected chi connectivity index (χ0v) is 13.5. The van der Waals surface area contributed by atoms with Gasteiger partial charge in [-0.25, -0.2) is 0 Å². The normalized spacial score (nSPS) is 24.0. The van der Waals surface area contributed by atoms with Gasteiger partial charge >= 0.3 is 0 Å². The highest BCUT2D eigenvalue weighted by molar-refractivity contribution is 6.05. The number of ether oxygens (including phenoxy) is 1. The van der Waals surface area contributed by atoms with Crippen LogP contribution in [0.4, 0.5) is 0 Å². The number of pyridine rings is 1. The number of nitrogens with one attached hydrogen (secondary N) is 2. The Hall–Kier alpha value is -2.18. The van der Waals surface area contributed by atoms with Crippen molar-refractivity contribution in [2.24, 2.45) is 0 Å². The first-order valence-corrected chi connectivity index (χ1v) is 8.46. The molecular weight excluding hydrogens is 306 g/mol. The Morgan fingerprint density at radius 2 is 2.25 bits per heavy atom. The predicted molar refractivity (Wildman–Crippen MR) is 91.2 cm³/mol. The smallest absolute Gasteiger partial charge is 0.252 e. The summed E-state index contributed by atoms with van der Waals surface area (Å²) in [5.41, 5.74) is 0.806. The van der Waals surface area contributed by atoms with Gasteiger partial charge in [0.05, 0.1) is 18.3 Å². The van der Waals surface area contributed by atoms with Crippen LogP contribution in [0, 0.1) is 0 Å². The molecule has 6 heteroatoms. The van der Waals surface area contributed by atoms with E-state index in [4.69, 9.17) is 4.74 Å². The Bertz CT molecular complexity index is 817. The molecule has 126 valence electrons.